The second-order valence-electron chi connectivity index (χ2n) is 8.13. The topological polar surface area (TPSA) is 42.0 Å². The number of benzene rings is 3. The van der Waals surface area contributed by atoms with E-state index in [1.54, 1.807) is 7.11 Å². The highest BCUT2D eigenvalue weighted by molar-refractivity contribution is 5.94. The molecule has 0 aliphatic carbocycles. The van der Waals surface area contributed by atoms with Gasteiger partial charge >= 0.3 is 0 Å². The van der Waals surface area contributed by atoms with Crippen LogP contribution in [0.15, 0.2) is 72.8 Å². The average Bonchev–Trinajstić information content (AvgIpc) is 2.84. The molecular formula is C27H30N2O3. The minimum atomic E-state index is 0.0594. The second kappa shape index (κ2) is 10.3. The zero-order valence-electron chi connectivity index (χ0n) is 18.8. The number of hydrogen-bond donors (Lipinski definition) is 0. The molecule has 0 saturated carbocycles. The van der Waals surface area contributed by atoms with E-state index in [1.807, 2.05) is 60.4 Å². The predicted molar refractivity (Wildman–Crippen MR) is 126 cm³/mol. The lowest BCUT2D eigenvalue weighted by Gasteiger charge is -2.35. The molecule has 1 aliphatic heterocycles. The Labute approximate surface area is 190 Å². The number of nitrogens with zero attached hydrogens (tertiary/aromatic N) is 2. The summed E-state index contributed by atoms with van der Waals surface area (Å²) in [5.41, 5.74) is 3.92. The Morgan fingerprint density at radius 1 is 0.875 bits per heavy atom. The van der Waals surface area contributed by atoms with Crippen LogP contribution in [-0.4, -0.2) is 49.0 Å². The van der Waals surface area contributed by atoms with Gasteiger partial charge in [0.25, 0.3) is 5.91 Å². The van der Waals surface area contributed by atoms with Crippen molar-refractivity contribution < 1.29 is 14.3 Å². The lowest BCUT2D eigenvalue weighted by Crippen LogP contribution is -2.48. The van der Waals surface area contributed by atoms with Gasteiger partial charge in [-0.1, -0.05) is 48.5 Å². The molecule has 166 valence electrons. The van der Waals surface area contributed by atoms with Crippen molar-refractivity contribution in [1.29, 1.82) is 0 Å². The van der Waals surface area contributed by atoms with E-state index in [4.69, 9.17) is 9.47 Å². The fourth-order valence-corrected chi connectivity index (χ4v) is 4.03. The quantitative estimate of drug-likeness (QED) is 0.552. The third-order valence-electron chi connectivity index (χ3n) is 5.91. The van der Waals surface area contributed by atoms with Crippen LogP contribution in [0.1, 0.15) is 27.0 Å². The summed E-state index contributed by atoms with van der Waals surface area (Å²) >= 11 is 0. The van der Waals surface area contributed by atoms with Crippen LogP contribution in [0.5, 0.6) is 11.5 Å². The van der Waals surface area contributed by atoms with E-state index in [1.165, 1.54) is 5.56 Å². The molecule has 0 unspecified atom stereocenters. The molecule has 4 rings (SSSR count). The van der Waals surface area contributed by atoms with Crippen molar-refractivity contribution in [3.8, 4) is 11.5 Å². The van der Waals surface area contributed by atoms with Crippen LogP contribution < -0.4 is 9.47 Å². The predicted octanol–water partition coefficient (Wildman–Crippen LogP) is 4.54. The van der Waals surface area contributed by atoms with Crippen LogP contribution >= 0.6 is 0 Å². The molecular weight excluding hydrogens is 400 g/mol. The molecule has 1 aliphatic rings. The third-order valence-corrected chi connectivity index (χ3v) is 5.91. The number of carbonyl (C=O) groups excluding carboxylic acids is 1. The van der Waals surface area contributed by atoms with Gasteiger partial charge in [0.2, 0.25) is 0 Å². The monoisotopic (exact) mass is 430 g/mol. The van der Waals surface area contributed by atoms with Crippen LogP contribution in [0.4, 0.5) is 0 Å². The van der Waals surface area contributed by atoms with Crippen LogP contribution in [0.2, 0.25) is 0 Å². The van der Waals surface area contributed by atoms with E-state index in [9.17, 15) is 4.79 Å². The molecule has 1 saturated heterocycles. The molecule has 1 fully saturated rings. The van der Waals surface area contributed by atoms with Gasteiger partial charge in [-0.2, -0.15) is 0 Å². The SMILES string of the molecule is COc1ccc(C(=O)N2CCN(Cc3ccccc3)CC2)cc1COc1ccccc1C. The summed E-state index contributed by atoms with van der Waals surface area (Å²) in [6.07, 6.45) is 0. The van der Waals surface area contributed by atoms with E-state index < -0.39 is 0 Å². The minimum Gasteiger partial charge on any atom is -0.496 e. The molecule has 0 atom stereocenters. The van der Waals surface area contributed by atoms with Crippen LogP contribution in [0.3, 0.4) is 0 Å². The Bertz CT molecular complexity index is 1040. The molecule has 1 heterocycles. The Hall–Kier alpha value is -3.31. The van der Waals surface area contributed by atoms with Crippen LogP contribution in [0, 0.1) is 6.92 Å². The van der Waals surface area contributed by atoms with Gasteiger partial charge in [0.1, 0.15) is 18.1 Å². The Morgan fingerprint density at radius 3 is 2.31 bits per heavy atom. The average molecular weight is 431 g/mol. The highest BCUT2D eigenvalue weighted by Crippen LogP contribution is 2.25. The van der Waals surface area contributed by atoms with Crippen molar-refractivity contribution >= 4 is 5.91 Å². The van der Waals surface area contributed by atoms with Gasteiger partial charge in [0.05, 0.1) is 7.11 Å². The number of ether oxygens (including phenoxy) is 2. The number of amides is 1. The maximum Gasteiger partial charge on any atom is 0.253 e. The normalized spacial score (nSPS) is 14.2. The first-order valence-corrected chi connectivity index (χ1v) is 11.0. The zero-order valence-corrected chi connectivity index (χ0v) is 18.8. The van der Waals surface area contributed by atoms with Gasteiger partial charge in [-0.15, -0.1) is 0 Å². The smallest absolute Gasteiger partial charge is 0.253 e. The van der Waals surface area contributed by atoms with Gasteiger partial charge in [0, 0.05) is 43.9 Å². The first kappa shape index (κ1) is 21.9. The molecule has 0 bridgehead atoms. The lowest BCUT2D eigenvalue weighted by atomic mass is 10.1. The van der Waals surface area contributed by atoms with Crippen molar-refractivity contribution in [2.45, 2.75) is 20.1 Å². The number of rotatable bonds is 7. The van der Waals surface area contributed by atoms with Crippen LogP contribution in [0.25, 0.3) is 0 Å². The van der Waals surface area contributed by atoms with E-state index in [0.29, 0.717) is 12.2 Å². The van der Waals surface area contributed by atoms with Crippen molar-refractivity contribution in [2.75, 3.05) is 33.3 Å². The fourth-order valence-electron chi connectivity index (χ4n) is 4.03. The van der Waals surface area contributed by atoms with E-state index >= 15 is 0 Å². The first-order valence-electron chi connectivity index (χ1n) is 11.0. The molecule has 0 N–H and O–H groups in total. The summed E-state index contributed by atoms with van der Waals surface area (Å²) in [4.78, 5) is 17.5. The standard InChI is InChI=1S/C27H30N2O3/c1-21-8-6-7-11-25(21)32-20-24-18-23(12-13-26(24)31-2)27(30)29-16-14-28(15-17-29)19-22-9-4-3-5-10-22/h3-13,18H,14-17,19-20H2,1-2H3. The molecule has 0 aromatic heterocycles. The van der Waals surface area contributed by atoms with E-state index in [2.05, 4.69) is 29.2 Å². The lowest BCUT2D eigenvalue weighted by molar-refractivity contribution is 0.0628. The number of para-hydroxylation sites is 1. The number of hydrogen-bond acceptors (Lipinski definition) is 4. The molecule has 0 spiro atoms. The molecule has 3 aromatic carbocycles. The summed E-state index contributed by atoms with van der Waals surface area (Å²) in [5.74, 6) is 1.62. The summed E-state index contributed by atoms with van der Waals surface area (Å²) in [5, 5.41) is 0. The van der Waals surface area contributed by atoms with E-state index in [-0.39, 0.29) is 5.91 Å². The number of piperazine rings is 1. The van der Waals surface area contributed by atoms with Crippen LogP contribution in [-0.2, 0) is 13.2 Å². The Morgan fingerprint density at radius 2 is 1.59 bits per heavy atom. The summed E-state index contributed by atoms with van der Waals surface area (Å²) < 4.78 is 11.5. The van der Waals surface area contributed by atoms with Crippen molar-refractivity contribution in [2.24, 2.45) is 0 Å². The molecule has 5 nitrogen and oxygen atoms in total. The summed E-state index contributed by atoms with van der Waals surface area (Å²) in [6.45, 7) is 6.50. The maximum atomic E-state index is 13.2. The molecule has 5 heteroatoms. The van der Waals surface area contributed by atoms with Crippen molar-refractivity contribution in [3.63, 3.8) is 0 Å². The first-order chi connectivity index (χ1) is 15.6. The van der Waals surface area contributed by atoms with Gasteiger partial charge in [-0.25, -0.2) is 0 Å². The second-order valence-corrected chi connectivity index (χ2v) is 8.13. The molecule has 0 radical (unpaired) electrons. The zero-order chi connectivity index (χ0) is 22.3. The third kappa shape index (κ3) is 5.29. The molecule has 1 amide bonds. The largest absolute Gasteiger partial charge is 0.496 e. The van der Waals surface area contributed by atoms with Gasteiger partial charge in [-0.05, 0) is 42.3 Å². The van der Waals surface area contributed by atoms with Gasteiger partial charge < -0.3 is 14.4 Å². The fraction of sp³-hybridized carbons (Fsp3) is 0.296. The van der Waals surface area contributed by atoms with Crippen molar-refractivity contribution in [3.05, 3.63) is 95.1 Å². The van der Waals surface area contributed by atoms with Crippen molar-refractivity contribution in [1.82, 2.24) is 9.80 Å². The number of aryl methyl sites for hydroxylation is 1. The highest BCUT2D eigenvalue weighted by atomic mass is 16.5. The van der Waals surface area contributed by atoms with E-state index in [0.717, 1.165) is 55.3 Å². The molecule has 32 heavy (non-hydrogen) atoms. The Kier molecular flexibility index (Phi) is 7.07. The molecule has 3 aromatic rings. The maximum absolute atomic E-state index is 13.2. The van der Waals surface area contributed by atoms with Gasteiger partial charge in [-0.3, -0.25) is 9.69 Å². The number of methoxy groups -OCH3 is 1. The highest BCUT2D eigenvalue weighted by Gasteiger charge is 2.23. The number of carbonyl (C=O) groups is 1. The minimum absolute atomic E-state index is 0.0594. The Balaban J connectivity index is 1.39. The summed E-state index contributed by atoms with van der Waals surface area (Å²) in [6, 6.07) is 24.0. The van der Waals surface area contributed by atoms with Gasteiger partial charge in [0.15, 0.2) is 0 Å². The summed E-state index contributed by atoms with van der Waals surface area (Å²) in [7, 11) is 1.64.